The van der Waals surface area contributed by atoms with Crippen LogP contribution in [0.5, 0.6) is 5.75 Å². The van der Waals surface area contributed by atoms with Crippen LogP contribution in [0.25, 0.3) is 0 Å². The van der Waals surface area contributed by atoms with E-state index < -0.39 is 0 Å². The van der Waals surface area contributed by atoms with Crippen LogP contribution in [0.4, 0.5) is 0 Å². The zero-order chi connectivity index (χ0) is 12.3. The molecule has 0 saturated carbocycles. The Hall–Kier alpha value is -1.02. The van der Waals surface area contributed by atoms with Crippen molar-refractivity contribution in [3.63, 3.8) is 0 Å². The van der Waals surface area contributed by atoms with Crippen molar-refractivity contribution in [3.8, 4) is 5.75 Å². The van der Waals surface area contributed by atoms with E-state index >= 15 is 0 Å². The summed E-state index contributed by atoms with van der Waals surface area (Å²) in [5.74, 6) is 1.09. The minimum absolute atomic E-state index is 0.390. The molecule has 0 radical (unpaired) electrons. The van der Waals surface area contributed by atoms with E-state index in [1.807, 2.05) is 0 Å². The fourth-order valence-electron chi connectivity index (χ4n) is 2.33. The molecule has 2 rings (SSSR count). The van der Waals surface area contributed by atoms with Crippen molar-refractivity contribution < 1.29 is 4.74 Å². The predicted octanol–water partition coefficient (Wildman–Crippen LogP) is 3.08. The van der Waals surface area contributed by atoms with Crippen LogP contribution in [0.3, 0.4) is 0 Å². The Morgan fingerprint density at radius 2 is 2.24 bits per heavy atom. The molecule has 0 fully saturated rings. The summed E-state index contributed by atoms with van der Waals surface area (Å²) < 4.78 is 5.94. The topological polar surface area (TPSA) is 21.3 Å². The van der Waals surface area contributed by atoms with E-state index in [1.165, 1.54) is 17.5 Å². The first-order chi connectivity index (χ1) is 8.15. The van der Waals surface area contributed by atoms with Crippen LogP contribution in [-0.2, 0) is 6.42 Å². The Morgan fingerprint density at radius 1 is 1.41 bits per heavy atom. The summed E-state index contributed by atoms with van der Waals surface area (Å²) in [5, 5.41) is 3.44. The van der Waals surface area contributed by atoms with Crippen LogP contribution in [0, 0.1) is 6.92 Å². The Kier molecular flexibility index (Phi) is 4.06. The number of rotatable bonds is 5. The lowest BCUT2D eigenvalue weighted by molar-refractivity contribution is 0.217. The summed E-state index contributed by atoms with van der Waals surface area (Å²) in [4.78, 5) is 0. The minimum atomic E-state index is 0.390. The van der Waals surface area contributed by atoms with Gasteiger partial charge in [0, 0.05) is 12.5 Å². The molecule has 0 saturated heterocycles. The number of fused-ring (bicyclic) bond motifs is 1. The smallest absolute Gasteiger partial charge is 0.123 e. The summed E-state index contributed by atoms with van der Waals surface area (Å²) >= 11 is 0. The largest absolute Gasteiger partial charge is 0.490 e. The van der Waals surface area contributed by atoms with Gasteiger partial charge in [-0.2, -0.15) is 0 Å². The van der Waals surface area contributed by atoms with Crippen molar-refractivity contribution in [2.75, 3.05) is 6.54 Å². The van der Waals surface area contributed by atoms with Crippen LogP contribution >= 0.6 is 0 Å². The molecular formula is C15H23NO. The molecule has 2 heteroatoms. The van der Waals surface area contributed by atoms with E-state index in [1.54, 1.807) is 0 Å². The van der Waals surface area contributed by atoms with Gasteiger partial charge >= 0.3 is 0 Å². The second-order valence-corrected chi connectivity index (χ2v) is 5.31. The first-order valence-electron chi connectivity index (χ1n) is 6.64. The Bertz CT molecular complexity index is 373. The molecule has 1 atom stereocenters. The van der Waals surface area contributed by atoms with Gasteiger partial charge < -0.3 is 10.1 Å². The molecule has 1 aromatic rings. The van der Waals surface area contributed by atoms with Gasteiger partial charge in [-0.25, -0.2) is 0 Å². The molecular weight excluding hydrogens is 210 g/mol. The van der Waals surface area contributed by atoms with Crippen molar-refractivity contribution in [3.05, 3.63) is 29.3 Å². The van der Waals surface area contributed by atoms with E-state index in [9.17, 15) is 0 Å². The second-order valence-electron chi connectivity index (χ2n) is 5.31. The van der Waals surface area contributed by atoms with E-state index in [0.717, 1.165) is 25.1 Å². The lowest BCUT2D eigenvalue weighted by Gasteiger charge is -2.12. The summed E-state index contributed by atoms with van der Waals surface area (Å²) in [5.41, 5.74) is 2.71. The molecule has 0 spiro atoms. The highest BCUT2D eigenvalue weighted by Crippen LogP contribution is 2.30. The Balaban J connectivity index is 1.76. The van der Waals surface area contributed by atoms with E-state index in [-0.39, 0.29) is 0 Å². The van der Waals surface area contributed by atoms with Crippen molar-refractivity contribution in [2.45, 2.75) is 52.2 Å². The third-order valence-corrected chi connectivity index (χ3v) is 3.21. The molecule has 1 aromatic carbocycles. The summed E-state index contributed by atoms with van der Waals surface area (Å²) in [6.45, 7) is 7.60. The molecule has 0 bridgehead atoms. The van der Waals surface area contributed by atoms with Gasteiger partial charge in [-0.15, -0.1) is 0 Å². The third kappa shape index (κ3) is 3.47. The maximum Gasteiger partial charge on any atom is 0.123 e. The molecule has 0 amide bonds. The number of aryl methyl sites for hydroxylation is 1. The maximum atomic E-state index is 5.94. The van der Waals surface area contributed by atoms with Crippen LogP contribution in [0.1, 0.15) is 37.8 Å². The number of hydrogen-bond donors (Lipinski definition) is 1. The second kappa shape index (κ2) is 5.54. The number of ether oxygens (including phenoxy) is 1. The monoisotopic (exact) mass is 233 g/mol. The molecule has 2 nitrogen and oxygen atoms in total. The van der Waals surface area contributed by atoms with Crippen molar-refractivity contribution in [1.82, 2.24) is 5.32 Å². The normalized spacial score (nSPS) is 18.2. The minimum Gasteiger partial charge on any atom is -0.490 e. The van der Waals surface area contributed by atoms with Crippen molar-refractivity contribution in [2.24, 2.45) is 0 Å². The molecule has 0 aliphatic carbocycles. The standard InChI is InChI=1S/C15H23NO/c1-11(2)16-8-4-5-14-10-13-9-12(3)6-7-15(13)17-14/h6-7,9,11,14,16H,4-5,8,10H2,1-3H3. The molecule has 1 N–H and O–H groups in total. The maximum absolute atomic E-state index is 5.94. The molecule has 1 unspecified atom stereocenters. The molecule has 1 aliphatic rings. The quantitative estimate of drug-likeness (QED) is 0.789. The van der Waals surface area contributed by atoms with Crippen molar-refractivity contribution >= 4 is 0 Å². The zero-order valence-electron chi connectivity index (χ0n) is 11.1. The number of nitrogens with one attached hydrogen (secondary N) is 1. The van der Waals surface area contributed by atoms with Gasteiger partial charge in [0.1, 0.15) is 11.9 Å². The van der Waals surface area contributed by atoms with Gasteiger partial charge in [-0.3, -0.25) is 0 Å². The van der Waals surface area contributed by atoms with E-state index in [0.29, 0.717) is 12.1 Å². The molecule has 1 aliphatic heterocycles. The van der Waals surface area contributed by atoms with Crippen LogP contribution in [-0.4, -0.2) is 18.7 Å². The fourth-order valence-corrected chi connectivity index (χ4v) is 2.33. The highest BCUT2D eigenvalue weighted by Gasteiger charge is 2.21. The van der Waals surface area contributed by atoms with Crippen LogP contribution in [0.2, 0.25) is 0 Å². The Morgan fingerprint density at radius 3 is 3.00 bits per heavy atom. The molecule has 0 aromatic heterocycles. The summed E-state index contributed by atoms with van der Waals surface area (Å²) in [7, 11) is 0. The number of benzene rings is 1. The number of hydrogen-bond acceptors (Lipinski definition) is 2. The highest BCUT2D eigenvalue weighted by atomic mass is 16.5. The lowest BCUT2D eigenvalue weighted by atomic mass is 10.0. The third-order valence-electron chi connectivity index (χ3n) is 3.21. The lowest BCUT2D eigenvalue weighted by Crippen LogP contribution is -2.25. The van der Waals surface area contributed by atoms with Gasteiger partial charge in [-0.1, -0.05) is 31.5 Å². The molecule has 94 valence electrons. The fraction of sp³-hybridized carbons (Fsp3) is 0.600. The van der Waals surface area contributed by atoms with Gasteiger partial charge in [0.2, 0.25) is 0 Å². The highest BCUT2D eigenvalue weighted by molar-refractivity contribution is 5.40. The molecule has 1 heterocycles. The van der Waals surface area contributed by atoms with Gasteiger partial charge in [0.15, 0.2) is 0 Å². The van der Waals surface area contributed by atoms with Crippen LogP contribution in [0.15, 0.2) is 18.2 Å². The Labute approximate surface area is 104 Å². The first kappa shape index (κ1) is 12.4. The summed E-state index contributed by atoms with van der Waals surface area (Å²) in [6.07, 6.45) is 3.81. The van der Waals surface area contributed by atoms with Crippen molar-refractivity contribution in [1.29, 1.82) is 0 Å². The average molecular weight is 233 g/mol. The average Bonchev–Trinajstić information content (AvgIpc) is 2.66. The van der Waals surface area contributed by atoms with Gasteiger partial charge in [0.25, 0.3) is 0 Å². The van der Waals surface area contributed by atoms with Crippen LogP contribution < -0.4 is 10.1 Å². The first-order valence-corrected chi connectivity index (χ1v) is 6.64. The SMILES string of the molecule is Cc1ccc2c(c1)CC(CCCNC(C)C)O2. The van der Waals surface area contributed by atoms with Gasteiger partial charge in [-0.05, 0) is 37.9 Å². The predicted molar refractivity (Wildman–Crippen MR) is 71.7 cm³/mol. The summed E-state index contributed by atoms with van der Waals surface area (Å²) in [6, 6.07) is 7.07. The molecule has 17 heavy (non-hydrogen) atoms. The van der Waals surface area contributed by atoms with E-state index in [2.05, 4.69) is 44.3 Å². The van der Waals surface area contributed by atoms with E-state index in [4.69, 9.17) is 4.74 Å². The van der Waals surface area contributed by atoms with Gasteiger partial charge in [0.05, 0.1) is 0 Å². The zero-order valence-corrected chi connectivity index (χ0v) is 11.1.